The fraction of sp³-hybridized carbons (Fsp3) is 0.615. The van der Waals surface area contributed by atoms with Crippen LogP contribution >= 0.6 is 0 Å². The predicted molar refractivity (Wildman–Crippen MR) is 78.7 cm³/mol. The van der Waals surface area contributed by atoms with Gasteiger partial charge in [0.05, 0.1) is 0 Å². The third-order valence-corrected chi connectivity index (χ3v) is 3.66. The van der Waals surface area contributed by atoms with Crippen LogP contribution in [-0.4, -0.2) is 68.8 Å². The minimum Gasteiger partial charge on any atom is -0.465 e. The summed E-state index contributed by atoms with van der Waals surface area (Å²) in [5.41, 5.74) is 0. The molecule has 10 heteroatoms. The number of H-pyrrole nitrogens is 1. The number of piperidine rings is 1. The third-order valence-electron chi connectivity index (χ3n) is 3.66. The molecule has 0 radical (unpaired) electrons. The summed E-state index contributed by atoms with van der Waals surface area (Å²) in [4.78, 5) is 39.7. The van der Waals surface area contributed by atoms with Crippen molar-refractivity contribution in [3.8, 4) is 0 Å². The molecule has 0 unspecified atom stereocenters. The standard InChI is InChI=1S/C13H20N6O4/c20-10(2-1-5-14-13(22)23)19-6-3-9(4-7-19)17-12(21)11-15-8-16-18-11/h8-9,14H,1-7H2,(H,17,21)(H,22,23)(H,15,16,18). The Morgan fingerprint density at radius 1 is 1.35 bits per heavy atom. The fourth-order valence-corrected chi connectivity index (χ4v) is 2.43. The van der Waals surface area contributed by atoms with Crippen LogP contribution in [0.15, 0.2) is 6.33 Å². The summed E-state index contributed by atoms with van der Waals surface area (Å²) in [6, 6.07) is 0.00493. The van der Waals surface area contributed by atoms with Gasteiger partial charge in [-0.3, -0.25) is 14.7 Å². The molecule has 0 saturated carbocycles. The van der Waals surface area contributed by atoms with Crippen LogP contribution < -0.4 is 10.6 Å². The van der Waals surface area contributed by atoms with Crippen LogP contribution in [0.25, 0.3) is 0 Å². The average Bonchev–Trinajstić information content (AvgIpc) is 3.06. The van der Waals surface area contributed by atoms with E-state index in [-0.39, 0.29) is 30.2 Å². The number of carbonyl (C=O) groups is 3. The fourth-order valence-electron chi connectivity index (χ4n) is 2.43. The first-order valence-electron chi connectivity index (χ1n) is 7.47. The van der Waals surface area contributed by atoms with Gasteiger partial charge < -0.3 is 20.6 Å². The molecular formula is C13H20N6O4. The molecule has 0 aliphatic carbocycles. The van der Waals surface area contributed by atoms with Gasteiger partial charge in [0.2, 0.25) is 11.7 Å². The molecule has 0 spiro atoms. The number of amides is 3. The van der Waals surface area contributed by atoms with E-state index in [1.807, 2.05) is 0 Å². The molecule has 1 aromatic rings. The predicted octanol–water partition coefficient (Wildman–Crippen LogP) is -0.427. The van der Waals surface area contributed by atoms with Crippen LogP contribution in [0.2, 0.25) is 0 Å². The number of nitrogens with one attached hydrogen (secondary N) is 3. The Balaban J connectivity index is 1.66. The van der Waals surface area contributed by atoms with E-state index in [0.717, 1.165) is 0 Å². The van der Waals surface area contributed by atoms with E-state index in [9.17, 15) is 14.4 Å². The van der Waals surface area contributed by atoms with Crippen molar-refractivity contribution in [1.82, 2.24) is 30.7 Å². The number of hydrogen-bond donors (Lipinski definition) is 4. The van der Waals surface area contributed by atoms with Crippen LogP contribution in [-0.2, 0) is 4.79 Å². The van der Waals surface area contributed by atoms with Crippen LogP contribution in [0.1, 0.15) is 36.3 Å². The molecule has 1 saturated heterocycles. The van der Waals surface area contributed by atoms with E-state index >= 15 is 0 Å². The van der Waals surface area contributed by atoms with Crippen LogP contribution in [0, 0.1) is 0 Å². The second-order valence-electron chi connectivity index (χ2n) is 5.30. The molecule has 126 valence electrons. The lowest BCUT2D eigenvalue weighted by Gasteiger charge is -2.32. The molecule has 0 atom stereocenters. The molecule has 1 fully saturated rings. The largest absolute Gasteiger partial charge is 0.465 e. The summed E-state index contributed by atoms with van der Waals surface area (Å²) in [6.07, 6.45) is 2.34. The van der Waals surface area contributed by atoms with E-state index in [4.69, 9.17) is 5.11 Å². The lowest BCUT2D eigenvalue weighted by molar-refractivity contribution is -0.132. The summed E-state index contributed by atoms with van der Waals surface area (Å²) in [5.74, 6) is -0.112. The van der Waals surface area contributed by atoms with Crippen LogP contribution in [0.4, 0.5) is 4.79 Å². The minimum atomic E-state index is -1.08. The smallest absolute Gasteiger partial charge is 0.404 e. The van der Waals surface area contributed by atoms with Crippen LogP contribution in [0.5, 0.6) is 0 Å². The van der Waals surface area contributed by atoms with Crippen LogP contribution in [0.3, 0.4) is 0 Å². The van der Waals surface area contributed by atoms with Gasteiger partial charge >= 0.3 is 6.09 Å². The number of aromatic amines is 1. The first kappa shape index (κ1) is 16.7. The number of aromatic nitrogens is 3. The normalized spacial score (nSPS) is 15.2. The van der Waals surface area contributed by atoms with Gasteiger partial charge in [0, 0.05) is 32.1 Å². The molecule has 10 nitrogen and oxygen atoms in total. The Morgan fingerprint density at radius 2 is 2.09 bits per heavy atom. The van der Waals surface area contributed by atoms with E-state index < -0.39 is 6.09 Å². The van der Waals surface area contributed by atoms with Crippen molar-refractivity contribution >= 4 is 17.9 Å². The maximum Gasteiger partial charge on any atom is 0.404 e. The highest BCUT2D eigenvalue weighted by Gasteiger charge is 2.24. The number of likely N-dealkylation sites (tertiary alicyclic amines) is 1. The minimum absolute atomic E-state index is 0.00493. The van der Waals surface area contributed by atoms with Gasteiger partial charge in [0.15, 0.2) is 0 Å². The molecule has 0 aromatic carbocycles. The average molecular weight is 324 g/mol. The summed E-state index contributed by atoms with van der Waals surface area (Å²) in [7, 11) is 0. The lowest BCUT2D eigenvalue weighted by atomic mass is 10.0. The Kier molecular flexibility index (Phi) is 5.89. The number of nitrogens with zero attached hydrogens (tertiary/aromatic N) is 3. The zero-order valence-electron chi connectivity index (χ0n) is 12.6. The van der Waals surface area contributed by atoms with Crippen molar-refractivity contribution in [2.75, 3.05) is 19.6 Å². The van der Waals surface area contributed by atoms with E-state index in [2.05, 4.69) is 25.8 Å². The Bertz CT molecular complexity index is 539. The lowest BCUT2D eigenvalue weighted by Crippen LogP contribution is -2.46. The SMILES string of the molecule is O=C(O)NCCCC(=O)N1CCC(NC(=O)c2ncn[nH]2)CC1. The summed E-state index contributed by atoms with van der Waals surface area (Å²) < 4.78 is 0. The molecule has 0 bridgehead atoms. The van der Waals surface area contributed by atoms with Gasteiger partial charge in [-0.05, 0) is 19.3 Å². The first-order valence-corrected chi connectivity index (χ1v) is 7.47. The molecule has 4 N–H and O–H groups in total. The highest BCUT2D eigenvalue weighted by molar-refractivity contribution is 5.90. The third kappa shape index (κ3) is 5.24. The van der Waals surface area contributed by atoms with Gasteiger partial charge in [0.25, 0.3) is 5.91 Å². The molecule has 2 heterocycles. The molecule has 3 amide bonds. The van der Waals surface area contributed by atoms with Gasteiger partial charge in [-0.25, -0.2) is 9.78 Å². The molecule has 2 rings (SSSR count). The zero-order valence-corrected chi connectivity index (χ0v) is 12.6. The van der Waals surface area contributed by atoms with Crippen molar-refractivity contribution < 1.29 is 19.5 Å². The summed E-state index contributed by atoms with van der Waals surface area (Å²) in [6.45, 7) is 1.42. The van der Waals surface area contributed by atoms with Crippen molar-refractivity contribution in [2.24, 2.45) is 0 Å². The van der Waals surface area contributed by atoms with Crippen molar-refractivity contribution in [2.45, 2.75) is 31.7 Å². The quantitative estimate of drug-likeness (QED) is 0.524. The van der Waals surface area contributed by atoms with Crippen molar-refractivity contribution in [1.29, 1.82) is 0 Å². The molecule has 23 heavy (non-hydrogen) atoms. The van der Waals surface area contributed by atoms with Gasteiger partial charge in [-0.15, -0.1) is 0 Å². The zero-order chi connectivity index (χ0) is 16.7. The number of carbonyl (C=O) groups excluding carboxylic acids is 2. The van der Waals surface area contributed by atoms with Gasteiger partial charge in [-0.2, -0.15) is 5.10 Å². The Labute approximate surface area is 132 Å². The number of carboxylic acid groups (broad SMARTS) is 1. The molecular weight excluding hydrogens is 304 g/mol. The highest BCUT2D eigenvalue weighted by Crippen LogP contribution is 2.12. The second kappa shape index (κ2) is 8.11. The summed E-state index contributed by atoms with van der Waals surface area (Å²) in [5, 5.41) is 19.7. The number of rotatable bonds is 6. The second-order valence-corrected chi connectivity index (χ2v) is 5.30. The van der Waals surface area contributed by atoms with E-state index in [1.54, 1.807) is 4.90 Å². The van der Waals surface area contributed by atoms with E-state index in [0.29, 0.717) is 38.8 Å². The topological polar surface area (TPSA) is 140 Å². The molecule has 1 aromatic heterocycles. The maximum absolute atomic E-state index is 12.0. The highest BCUT2D eigenvalue weighted by atomic mass is 16.4. The first-order chi connectivity index (χ1) is 11.1. The number of hydrogen-bond acceptors (Lipinski definition) is 5. The Hall–Kier alpha value is -2.65. The summed E-state index contributed by atoms with van der Waals surface area (Å²) >= 11 is 0. The molecule has 1 aliphatic heterocycles. The van der Waals surface area contributed by atoms with Gasteiger partial charge in [-0.1, -0.05) is 0 Å². The Morgan fingerprint density at radius 3 is 2.70 bits per heavy atom. The van der Waals surface area contributed by atoms with Crippen molar-refractivity contribution in [3.63, 3.8) is 0 Å². The van der Waals surface area contributed by atoms with Gasteiger partial charge in [0.1, 0.15) is 6.33 Å². The van der Waals surface area contributed by atoms with E-state index in [1.165, 1.54) is 6.33 Å². The van der Waals surface area contributed by atoms with Crippen molar-refractivity contribution in [3.05, 3.63) is 12.2 Å². The maximum atomic E-state index is 12.0. The monoisotopic (exact) mass is 324 g/mol. The molecule has 1 aliphatic rings.